The molecule has 0 fully saturated rings. The van der Waals surface area contributed by atoms with Crippen molar-refractivity contribution in [1.29, 1.82) is 0 Å². The third-order valence-corrected chi connectivity index (χ3v) is 4.77. The Kier molecular flexibility index (Phi) is 6.25. The standard InChI is InChI=1S/C19H21N5O3S/c1-11(2)7-15(26)12-3-5-14(6-4-12)27-8-13(25)9-28-19-23-16-17(20)21-10-22-18(16)24-19/h3-6,10-11H,7-9H2,1-2H3,(H3,20,21,22,23,24). The fourth-order valence-corrected chi connectivity index (χ4v) is 3.18. The highest BCUT2D eigenvalue weighted by atomic mass is 32.2. The van der Waals surface area contributed by atoms with Gasteiger partial charge in [0.25, 0.3) is 0 Å². The molecule has 9 heteroatoms. The first-order chi connectivity index (χ1) is 13.4. The Labute approximate surface area is 166 Å². The number of hydrogen-bond acceptors (Lipinski definition) is 8. The molecule has 146 valence electrons. The summed E-state index contributed by atoms with van der Waals surface area (Å²) in [6.45, 7) is 3.95. The van der Waals surface area contributed by atoms with Gasteiger partial charge in [0.05, 0.1) is 5.75 Å². The smallest absolute Gasteiger partial charge is 0.183 e. The number of benzene rings is 1. The summed E-state index contributed by atoms with van der Waals surface area (Å²) in [5, 5.41) is 0.545. The van der Waals surface area contributed by atoms with E-state index in [-0.39, 0.29) is 23.9 Å². The average molecular weight is 399 g/mol. The summed E-state index contributed by atoms with van der Waals surface area (Å²) in [5.41, 5.74) is 7.42. The summed E-state index contributed by atoms with van der Waals surface area (Å²) < 4.78 is 5.50. The van der Waals surface area contributed by atoms with Gasteiger partial charge in [0.1, 0.15) is 24.2 Å². The van der Waals surface area contributed by atoms with Gasteiger partial charge in [-0.15, -0.1) is 0 Å². The molecule has 0 atom stereocenters. The summed E-state index contributed by atoms with van der Waals surface area (Å²) in [6.07, 6.45) is 1.85. The highest BCUT2D eigenvalue weighted by Crippen LogP contribution is 2.21. The Morgan fingerprint density at radius 2 is 1.96 bits per heavy atom. The number of fused-ring (bicyclic) bond motifs is 1. The molecule has 3 aromatic rings. The van der Waals surface area contributed by atoms with Crippen LogP contribution in [-0.2, 0) is 4.79 Å². The zero-order valence-electron chi connectivity index (χ0n) is 15.6. The van der Waals surface area contributed by atoms with Crippen LogP contribution in [0.15, 0.2) is 35.7 Å². The fourth-order valence-electron chi connectivity index (χ4n) is 2.47. The number of nitrogen functional groups attached to an aromatic ring is 1. The Hall–Kier alpha value is -2.94. The number of thioether (sulfide) groups is 1. The van der Waals surface area contributed by atoms with E-state index in [1.165, 1.54) is 18.1 Å². The van der Waals surface area contributed by atoms with Crippen LogP contribution >= 0.6 is 11.8 Å². The van der Waals surface area contributed by atoms with Crippen LogP contribution in [-0.4, -0.2) is 43.9 Å². The molecule has 0 spiro atoms. The number of anilines is 1. The Morgan fingerprint density at radius 3 is 2.64 bits per heavy atom. The number of nitrogens with one attached hydrogen (secondary N) is 1. The molecule has 3 rings (SSSR count). The molecule has 8 nitrogen and oxygen atoms in total. The predicted octanol–water partition coefficient (Wildman–Crippen LogP) is 2.90. The molecular weight excluding hydrogens is 378 g/mol. The maximum Gasteiger partial charge on any atom is 0.183 e. The van der Waals surface area contributed by atoms with Crippen molar-refractivity contribution in [3.05, 3.63) is 36.2 Å². The number of ketones is 2. The molecule has 0 saturated heterocycles. The number of imidazole rings is 1. The lowest BCUT2D eigenvalue weighted by molar-refractivity contribution is -0.118. The number of aromatic amines is 1. The van der Waals surface area contributed by atoms with Crippen LogP contribution < -0.4 is 10.5 Å². The minimum absolute atomic E-state index is 0.0611. The van der Waals surface area contributed by atoms with Crippen molar-refractivity contribution in [3.8, 4) is 5.75 Å². The van der Waals surface area contributed by atoms with E-state index in [1.54, 1.807) is 24.3 Å². The van der Waals surface area contributed by atoms with E-state index in [2.05, 4.69) is 19.9 Å². The van der Waals surface area contributed by atoms with Crippen molar-refractivity contribution >= 4 is 40.3 Å². The quantitative estimate of drug-likeness (QED) is 0.416. The molecule has 28 heavy (non-hydrogen) atoms. The molecule has 3 N–H and O–H groups in total. The van der Waals surface area contributed by atoms with Crippen LogP contribution in [0, 0.1) is 5.92 Å². The molecule has 0 aliphatic rings. The summed E-state index contributed by atoms with van der Waals surface area (Å²) in [4.78, 5) is 39.3. The molecule has 0 saturated carbocycles. The number of aromatic nitrogens is 4. The normalized spacial score (nSPS) is 11.1. The first kappa shape index (κ1) is 19.8. The number of rotatable bonds is 9. The Balaban J connectivity index is 1.48. The molecule has 2 aromatic heterocycles. The van der Waals surface area contributed by atoms with E-state index in [1.807, 2.05) is 13.8 Å². The molecule has 2 heterocycles. The SMILES string of the molecule is CC(C)CC(=O)c1ccc(OCC(=O)CSc2nc3ncnc(N)c3[nH]2)cc1. The monoisotopic (exact) mass is 399 g/mol. The summed E-state index contributed by atoms with van der Waals surface area (Å²) >= 11 is 1.25. The summed E-state index contributed by atoms with van der Waals surface area (Å²) in [6, 6.07) is 6.85. The zero-order valence-corrected chi connectivity index (χ0v) is 16.5. The predicted molar refractivity (Wildman–Crippen MR) is 108 cm³/mol. The fraction of sp³-hybridized carbons (Fsp3) is 0.316. The van der Waals surface area contributed by atoms with Gasteiger partial charge in [-0.1, -0.05) is 25.6 Å². The maximum atomic E-state index is 12.1. The molecule has 0 bridgehead atoms. The van der Waals surface area contributed by atoms with Crippen LogP contribution in [0.1, 0.15) is 30.6 Å². The van der Waals surface area contributed by atoms with E-state index in [4.69, 9.17) is 10.5 Å². The zero-order chi connectivity index (χ0) is 20.1. The molecule has 1 aromatic carbocycles. The van der Waals surface area contributed by atoms with Crippen LogP contribution in [0.4, 0.5) is 5.82 Å². The lowest BCUT2D eigenvalue weighted by Gasteiger charge is -2.07. The van der Waals surface area contributed by atoms with Crippen molar-refractivity contribution in [2.75, 3.05) is 18.1 Å². The van der Waals surface area contributed by atoms with Crippen LogP contribution in [0.25, 0.3) is 11.2 Å². The Bertz CT molecular complexity index is 985. The Morgan fingerprint density at radius 1 is 1.21 bits per heavy atom. The minimum atomic E-state index is -0.0931. The van der Waals surface area contributed by atoms with Crippen molar-refractivity contribution in [2.24, 2.45) is 5.92 Å². The molecule has 0 unspecified atom stereocenters. The van der Waals surface area contributed by atoms with Gasteiger partial charge < -0.3 is 15.5 Å². The lowest BCUT2D eigenvalue weighted by atomic mass is 10.0. The third kappa shape index (κ3) is 5.07. The van der Waals surface area contributed by atoms with E-state index in [0.717, 1.165) is 0 Å². The molecule has 0 amide bonds. The largest absolute Gasteiger partial charge is 0.486 e. The van der Waals surface area contributed by atoms with E-state index < -0.39 is 0 Å². The number of carbonyl (C=O) groups excluding carboxylic acids is 2. The van der Waals surface area contributed by atoms with Gasteiger partial charge in [-0.3, -0.25) is 9.59 Å². The second kappa shape index (κ2) is 8.83. The van der Waals surface area contributed by atoms with Crippen molar-refractivity contribution < 1.29 is 14.3 Å². The highest BCUT2D eigenvalue weighted by molar-refractivity contribution is 7.99. The second-order valence-electron chi connectivity index (χ2n) is 6.66. The van der Waals surface area contributed by atoms with Crippen molar-refractivity contribution in [3.63, 3.8) is 0 Å². The minimum Gasteiger partial charge on any atom is -0.486 e. The van der Waals surface area contributed by atoms with E-state index in [9.17, 15) is 9.59 Å². The van der Waals surface area contributed by atoms with Crippen LogP contribution in [0.5, 0.6) is 5.75 Å². The molecular formula is C19H21N5O3S. The van der Waals surface area contributed by atoms with Gasteiger partial charge in [0.15, 0.2) is 28.2 Å². The number of H-pyrrole nitrogens is 1. The van der Waals surface area contributed by atoms with Crippen LogP contribution in [0.3, 0.4) is 0 Å². The highest BCUT2D eigenvalue weighted by Gasteiger charge is 2.11. The van der Waals surface area contributed by atoms with Gasteiger partial charge in [0.2, 0.25) is 0 Å². The van der Waals surface area contributed by atoms with Gasteiger partial charge >= 0.3 is 0 Å². The van der Waals surface area contributed by atoms with E-state index in [0.29, 0.717) is 45.8 Å². The molecule has 0 aliphatic heterocycles. The van der Waals surface area contributed by atoms with Gasteiger partial charge in [-0.05, 0) is 30.2 Å². The number of hydrogen-bond donors (Lipinski definition) is 2. The molecule has 0 aliphatic carbocycles. The van der Waals surface area contributed by atoms with Crippen molar-refractivity contribution in [1.82, 2.24) is 19.9 Å². The maximum absolute atomic E-state index is 12.1. The summed E-state index contributed by atoms with van der Waals surface area (Å²) in [7, 11) is 0. The van der Waals surface area contributed by atoms with Crippen LogP contribution in [0.2, 0.25) is 0 Å². The number of Topliss-reactive ketones (excluding diaryl/α,β-unsaturated/α-hetero) is 2. The topological polar surface area (TPSA) is 124 Å². The van der Waals surface area contributed by atoms with E-state index >= 15 is 0 Å². The number of ether oxygens (including phenoxy) is 1. The van der Waals surface area contributed by atoms with Gasteiger partial charge in [-0.2, -0.15) is 0 Å². The lowest BCUT2D eigenvalue weighted by Crippen LogP contribution is -2.13. The first-order valence-electron chi connectivity index (χ1n) is 8.79. The van der Waals surface area contributed by atoms with Gasteiger partial charge in [-0.25, -0.2) is 15.0 Å². The van der Waals surface area contributed by atoms with Gasteiger partial charge in [0, 0.05) is 12.0 Å². The average Bonchev–Trinajstić information content (AvgIpc) is 3.09. The number of nitrogens with zero attached hydrogens (tertiary/aromatic N) is 3. The number of nitrogens with two attached hydrogens (primary N) is 1. The first-order valence-corrected chi connectivity index (χ1v) is 9.77. The number of carbonyl (C=O) groups is 2. The second-order valence-corrected chi connectivity index (χ2v) is 7.63. The van der Waals surface area contributed by atoms with Crippen molar-refractivity contribution in [2.45, 2.75) is 25.4 Å². The summed E-state index contributed by atoms with van der Waals surface area (Å²) in [5.74, 6) is 1.38. The molecule has 0 radical (unpaired) electrons. The third-order valence-electron chi connectivity index (χ3n) is 3.84.